The Balaban J connectivity index is 1.43. The average Bonchev–Trinajstić information content (AvgIpc) is 3.37. The van der Waals surface area contributed by atoms with Crippen molar-refractivity contribution in [3.63, 3.8) is 0 Å². The highest BCUT2D eigenvalue weighted by molar-refractivity contribution is 6.01. The maximum atomic E-state index is 14.0. The number of carbonyl (C=O) groups excluding carboxylic acids is 1. The molecule has 152 valence electrons. The van der Waals surface area contributed by atoms with Gasteiger partial charge in [-0.3, -0.25) is 4.79 Å². The van der Waals surface area contributed by atoms with Gasteiger partial charge in [0.1, 0.15) is 11.6 Å². The molecule has 0 radical (unpaired) electrons. The molecule has 1 amide bonds. The van der Waals surface area contributed by atoms with Gasteiger partial charge in [-0.2, -0.15) is 0 Å². The second-order valence-electron chi connectivity index (χ2n) is 6.90. The van der Waals surface area contributed by atoms with Crippen molar-refractivity contribution < 1.29 is 27.9 Å². The Hall–Kier alpha value is -3.16. The van der Waals surface area contributed by atoms with Crippen LogP contribution in [0.5, 0.6) is 11.5 Å². The Morgan fingerprint density at radius 3 is 2.79 bits per heavy atom. The van der Waals surface area contributed by atoms with Gasteiger partial charge in [-0.1, -0.05) is 18.1 Å². The first-order valence-corrected chi connectivity index (χ1v) is 9.38. The average molecular weight is 402 g/mol. The number of halogens is 2. The van der Waals surface area contributed by atoms with Crippen LogP contribution in [-0.4, -0.2) is 36.0 Å². The van der Waals surface area contributed by atoms with Crippen molar-refractivity contribution in [3.8, 4) is 11.5 Å². The molecule has 2 aromatic carbocycles. The third-order valence-electron chi connectivity index (χ3n) is 4.89. The molecule has 8 heteroatoms. The van der Waals surface area contributed by atoms with Crippen LogP contribution in [0.4, 0.5) is 8.78 Å². The zero-order chi connectivity index (χ0) is 20.4. The number of nitrogens with zero attached hydrogens (tertiary/aromatic N) is 2. The number of benzene rings is 2. The van der Waals surface area contributed by atoms with Gasteiger partial charge in [0.25, 0.3) is 0 Å². The van der Waals surface area contributed by atoms with Crippen LogP contribution in [0.2, 0.25) is 0 Å². The minimum atomic E-state index is -0.677. The Morgan fingerprint density at radius 1 is 1.17 bits per heavy atom. The van der Waals surface area contributed by atoms with Gasteiger partial charge in [-0.15, -0.1) is 0 Å². The van der Waals surface area contributed by atoms with Crippen LogP contribution >= 0.6 is 0 Å². The molecule has 2 aliphatic heterocycles. The summed E-state index contributed by atoms with van der Waals surface area (Å²) in [6.45, 7) is 2.22. The molecule has 4 rings (SSSR count). The predicted molar refractivity (Wildman–Crippen MR) is 101 cm³/mol. The number of hydrogen-bond acceptors (Lipinski definition) is 5. The van der Waals surface area contributed by atoms with Crippen molar-refractivity contribution in [2.24, 2.45) is 5.16 Å². The summed E-state index contributed by atoms with van der Waals surface area (Å²) in [6.07, 6.45) is 0.416. The Labute approximate surface area is 166 Å². The van der Waals surface area contributed by atoms with Crippen molar-refractivity contribution in [2.45, 2.75) is 32.4 Å². The monoisotopic (exact) mass is 402 g/mol. The van der Waals surface area contributed by atoms with Crippen LogP contribution < -0.4 is 9.47 Å². The summed E-state index contributed by atoms with van der Waals surface area (Å²) in [5.74, 6) is -0.132. The molecular weight excluding hydrogens is 382 g/mol. The zero-order valence-corrected chi connectivity index (χ0v) is 15.9. The maximum Gasteiger partial charge on any atom is 0.231 e. The standard InChI is InChI=1S/C21H20F2N2O4/c1-2-21(26)25(10-14-3-5-15(22)8-17(14)23)11-16-9-18(24-29-16)13-4-6-19-20(7-13)28-12-27-19/h3-8,16H,2,9-12H2,1H3/t16-/m0/s1. The summed E-state index contributed by atoms with van der Waals surface area (Å²) in [7, 11) is 0. The van der Waals surface area contributed by atoms with E-state index in [0.29, 0.717) is 17.9 Å². The lowest BCUT2D eigenvalue weighted by Crippen LogP contribution is -2.37. The van der Waals surface area contributed by atoms with Crippen LogP contribution in [0.3, 0.4) is 0 Å². The third kappa shape index (κ3) is 4.16. The first kappa shape index (κ1) is 19.2. The van der Waals surface area contributed by atoms with E-state index in [0.717, 1.165) is 17.3 Å². The van der Waals surface area contributed by atoms with Crippen molar-refractivity contribution in [1.29, 1.82) is 0 Å². The van der Waals surface area contributed by atoms with Crippen molar-refractivity contribution in [1.82, 2.24) is 4.90 Å². The van der Waals surface area contributed by atoms with E-state index in [1.54, 1.807) is 6.92 Å². The number of hydrogen-bond donors (Lipinski definition) is 0. The van der Waals surface area contributed by atoms with Crippen molar-refractivity contribution in [2.75, 3.05) is 13.3 Å². The minimum absolute atomic E-state index is 0.0397. The van der Waals surface area contributed by atoms with E-state index in [2.05, 4.69) is 5.16 Å². The molecule has 0 aromatic heterocycles. The molecule has 2 aliphatic rings. The lowest BCUT2D eigenvalue weighted by atomic mass is 10.0. The summed E-state index contributed by atoms with van der Waals surface area (Å²) in [5, 5.41) is 4.15. The first-order valence-electron chi connectivity index (χ1n) is 9.38. The molecule has 6 nitrogen and oxygen atoms in total. The van der Waals surface area contributed by atoms with E-state index >= 15 is 0 Å². The van der Waals surface area contributed by atoms with E-state index in [9.17, 15) is 13.6 Å². The quantitative estimate of drug-likeness (QED) is 0.741. The van der Waals surface area contributed by atoms with Crippen molar-refractivity contribution in [3.05, 3.63) is 59.2 Å². The fourth-order valence-corrected chi connectivity index (χ4v) is 3.35. The van der Waals surface area contributed by atoms with Crippen molar-refractivity contribution >= 4 is 11.6 Å². The molecule has 0 saturated heterocycles. The number of amides is 1. The fraction of sp³-hybridized carbons (Fsp3) is 0.333. The van der Waals surface area contributed by atoms with Crippen LogP contribution in [0, 0.1) is 11.6 Å². The van der Waals surface area contributed by atoms with Gasteiger partial charge < -0.3 is 19.2 Å². The third-order valence-corrected chi connectivity index (χ3v) is 4.89. The van der Waals surface area contributed by atoms with Crippen LogP contribution in [0.25, 0.3) is 0 Å². The number of oxime groups is 1. The number of rotatable bonds is 6. The summed E-state index contributed by atoms with van der Waals surface area (Å²) >= 11 is 0. The molecule has 0 unspecified atom stereocenters. The highest BCUT2D eigenvalue weighted by Crippen LogP contribution is 2.33. The maximum absolute atomic E-state index is 14.0. The largest absolute Gasteiger partial charge is 0.454 e. The van der Waals surface area contributed by atoms with E-state index < -0.39 is 11.6 Å². The van der Waals surface area contributed by atoms with Gasteiger partial charge in [0.05, 0.1) is 12.3 Å². The number of ether oxygens (including phenoxy) is 2. The molecule has 2 heterocycles. The van der Waals surface area contributed by atoms with Crippen LogP contribution in [0.15, 0.2) is 41.6 Å². The highest BCUT2D eigenvalue weighted by Gasteiger charge is 2.28. The van der Waals surface area contributed by atoms with E-state index in [1.165, 1.54) is 17.0 Å². The van der Waals surface area contributed by atoms with Gasteiger partial charge in [-0.05, 0) is 24.3 Å². The molecule has 0 aliphatic carbocycles. The van der Waals surface area contributed by atoms with Crippen LogP contribution in [-0.2, 0) is 16.2 Å². The predicted octanol–water partition coefficient (Wildman–Crippen LogP) is 3.63. The second-order valence-corrected chi connectivity index (χ2v) is 6.90. The SMILES string of the molecule is CCC(=O)N(Cc1ccc(F)cc1F)C[C@@H]1CC(c2ccc3c(c2)OCO3)=NO1. The molecule has 0 bridgehead atoms. The normalized spacial score (nSPS) is 17.1. The lowest BCUT2D eigenvalue weighted by Gasteiger charge is -2.24. The van der Waals surface area contributed by atoms with Crippen LogP contribution in [0.1, 0.15) is 30.9 Å². The van der Waals surface area contributed by atoms with Gasteiger partial charge in [0.15, 0.2) is 17.6 Å². The molecule has 0 spiro atoms. The van der Waals surface area contributed by atoms with Gasteiger partial charge >= 0.3 is 0 Å². The summed E-state index contributed by atoms with van der Waals surface area (Å²) in [6, 6.07) is 8.88. The van der Waals surface area contributed by atoms with Gasteiger partial charge in [0.2, 0.25) is 12.7 Å². The Kier molecular flexibility index (Phi) is 5.33. The Bertz CT molecular complexity index is 964. The first-order chi connectivity index (χ1) is 14.0. The molecule has 2 aromatic rings. The second kappa shape index (κ2) is 8.06. The Morgan fingerprint density at radius 2 is 2.00 bits per heavy atom. The van der Waals surface area contributed by atoms with Gasteiger partial charge in [0, 0.05) is 36.6 Å². The molecular formula is C21H20F2N2O4. The fourth-order valence-electron chi connectivity index (χ4n) is 3.35. The van der Waals surface area contributed by atoms with E-state index in [4.69, 9.17) is 14.3 Å². The molecule has 0 fully saturated rings. The molecule has 0 saturated carbocycles. The summed E-state index contributed by atoms with van der Waals surface area (Å²) < 4.78 is 37.9. The topological polar surface area (TPSA) is 60.4 Å². The number of carbonyl (C=O) groups is 1. The highest BCUT2D eigenvalue weighted by atomic mass is 19.1. The molecule has 1 atom stereocenters. The number of fused-ring (bicyclic) bond motifs is 1. The summed E-state index contributed by atoms with van der Waals surface area (Å²) in [4.78, 5) is 19.4. The van der Waals surface area contributed by atoms with E-state index in [-0.39, 0.29) is 43.9 Å². The zero-order valence-electron chi connectivity index (χ0n) is 15.9. The molecule has 29 heavy (non-hydrogen) atoms. The lowest BCUT2D eigenvalue weighted by molar-refractivity contribution is -0.133. The van der Waals surface area contributed by atoms with Gasteiger partial charge in [-0.25, -0.2) is 8.78 Å². The van der Waals surface area contributed by atoms with E-state index in [1.807, 2.05) is 18.2 Å². The minimum Gasteiger partial charge on any atom is -0.454 e. The summed E-state index contributed by atoms with van der Waals surface area (Å²) in [5.41, 5.74) is 1.85. The molecule has 0 N–H and O–H groups in total. The smallest absolute Gasteiger partial charge is 0.231 e.